The Balaban J connectivity index is 1.97. The van der Waals surface area contributed by atoms with Crippen molar-refractivity contribution in [3.63, 3.8) is 0 Å². The minimum absolute atomic E-state index is 0.154. The van der Waals surface area contributed by atoms with E-state index in [1.54, 1.807) is 30.6 Å². The average Bonchev–Trinajstić information content (AvgIpc) is 2.98. The zero-order chi connectivity index (χ0) is 15.1. The van der Waals surface area contributed by atoms with Crippen molar-refractivity contribution in [2.75, 3.05) is 6.54 Å². The van der Waals surface area contributed by atoms with E-state index in [0.717, 1.165) is 17.9 Å². The molecular formula is C15H17N5O. The lowest BCUT2D eigenvalue weighted by atomic mass is 10.1. The molecule has 0 aliphatic heterocycles. The highest BCUT2D eigenvalue weighted by molar-refractivity contribution is 5.94. The third-order valence-corrected chi connectivity index (χ3v) is 2.93. The second-order valence-corrected chi connectivity index (χ2v) is 4.30. The minimum Gasteiger partial charge on any atom is -0.345 e. The lowest BCUT2D eigenvalue weighted by Gasteiger charge is -2.06. The molecule has 0 fully saturated rings. The molecule has 1 heterocycles. The molecule has 0 spiro atoms. The Morgan fingerprint density at radius 2 is 2.14 bits per heavy atom. The molecule has 0 aliphatic carbocycles. The number of nitrogens with two attached hydrogens (primary N) is 1. The van der Waals surface area contributed by atoms with Crippen LogP contribution in [0.5, 0.6) is 0 Å². The van der Waals surface area contributed by atoms with Crippen LogP contribution in [0.3, 0.4) is 0 Å². The minimum atomic E-state index is -0.154. The van der Waals surface area contributed by atoms with Crippen LogP contribution in [-0.4, -0.2) is 27.2 Å². The highest BCUT2D eigenvalue weighted by atomic mass is 16.1. The van der Waals surface area contributed by atoms with E-state index in [2.05, 4.69) is 27.4 Å². The highest BCUT2D eigenvalue weighted by Gasteiger charge is 2.07. The monoisotopic (exact) mass is 283 g/mol. The predicted molar refractivity (Wildman–Crippen MR) is 79.2 cm³/mol. The predicted octanol–water partition coefficient (Wildman–Crippen LogP) is 0.538. The molecule has 2 aromatic rings. The van der Waals surface area contributed by atoms with Crippen molar-refractivity contribution in [2.24, 2.45) is 5.73 Å². The Morgan fingerprint density at radius 3 is 2.81 bits per heavy atom. The zero-order valence-electron chi connectivity index (χ0n) is 11.8. The molecule has 2 rings (SSSR count). The quantitative estimate of drug-likeness (QED) is 0.802. The summed E-state index contributed by atoms with van der Waals surface area (Å²) in [4.78, 5) is 12.0. The number of nitrogens with zero attached hydrogens (tertiary/aromatic N) is 3. The van der Waals surface area contributed by atoms with Gasteiger partial charge in [-0.1, -0.05) is 11.8 Å². The molecule has 0 bridgehead atoms. The van der Waals surface area contributed by atoms with Gasteiger partial charge in [-0.3, -0.25) is 4.79 Å². The summed E-state index contributed by atoms with van der Waals surface area (Å²) in [5.41, 5.74) is 6.73. The lowest BCUT2D eigenvalue weighted by molar-refractivity contribution is 0.0949. The highest BCUT2D eigenvalue weighted by Crippen LogP contribution is 2.04. The number of hydrogen-bond donors (Lipinski definition) is 2. The summed E-state index contributed by atoms with van der Waals surface area (Å²) < 4.78 is 1.88. The van der Waals surface area contributed by atoms with Crippen LogP contribution < -0.4 is 11.1 Å². The lowest BCUT2D eigenvalue weighted by Crippen LogP contribution is -2.24. The first-order chi connectivity index (χ1) is 10.2. The standard InChI is InChI=1S/C15H17N5O/c1-2-20-11-18-19-14(20)10-17-15(21)13-7-5-12(6-8-13)4-3-9-16/h5-8,11H,2,9-10,16H2,1H3,(H,17,21). The molecule has 0 aliphatic rings. The van der Waals surface area contributed by atoms with Gasteiger partial charge in [0, 0.05) is 17.7 Å². The molecule has 1 aromatic heterocycles. The van der Waals surface area contributed by atoms with Crippen LogP contribution in [0.15, 0.2) is 30.6 Å². The van der Waals surface area contributed by atoms with Gasteiger partial charge in [-0.2, -0.15) is 0 Å². The Morgan fingerprint density at radius 1 is 1.38 bits per heavy atom. The van der Waals surface area contributed by atoms with Crippen molar-refractivity contribution in [3.05, 3.63) is 47.5 Å². The van der Waals surface area contributed by atoms with Gasteiger partial charge in [-0.25, -0.2) is 0 Å². The van der Waals surface area contributed by atoms with E-state index in [1.807, 2.05) is 11.5 Å². The van der Waals surface area contributed by atoms with Gasteiger partial charge in [0.25, 0.3) is 5.91 Å². The topological polar surface area (TPSA) is 85.8 Å². The van der Waals surface area contributed by atoms with Crippen molar-refractivity contribution in [1.82, 2.24) is 20.1 Å². The number of aryl methyl sites for hydroxylation is 1. The molecular weight excluding hydrogens is 266 g/mol. The second kappa shape index (κ2) is 7.22. The number of nitrogens with one attached hydrogen (secondary N) is 1. The third kappa shape index (κ3) is 3.91. The first-order valence-electron chi connectivity index (χ1n) is 6.68. The second-order valence-electron chi connectivity index (χ2n) is 4.30. The largest absolute Gasteiger partial charge is 0.345 e. The van der Waals surface area contributed by atoms with Crippen molar-refractivity contribution in [1.29, 1.82) is 0 Å². The third-order valence-electron chi connectivity index (χ3n) is 2.93. The number of benzene rings is 1. The first-order valence-corrected chi connectivity index (χ1v) is 6.68. The molecule has 0 radical (unpaired) electrons. The number of rotatable bonds is 4. The summed E-state index contributed by atoms with van der Waals surface area (Å²) in [6.07, 6.45) is 1.65. The number of amides is 1. The van der Waals surface area contributed by atoms with Gasteiger partial charge < -0.3 is 15.6 Å². The summed E-state index contributed by atoms with van der Waals surface area (Å²) in [5, 5.41) is 10.6. The summed E-state index contributed by atoms with van der Waals surface area (Å²) >= 11 is 0. The van der Waals surface area contributed by atoms with Crippen molar-refractivity contribution < 1.29 is 4.79 Å². The first kappa shape index (κ1) is 14.8. The Kier molecular flexibility index (Phi) is 5.07. The molecule has 108 valence electrons. The summed E-state index contributed by atoms with van der Waals surface area (Å²) in [6.45, 7) is 3.43. The molecule has 1 aromatic carbocycles. The molecule has 0 unspecified atom stereocenters. The smallest absolute Gasteiger partial charge is 0.251 e. The van der Waals surface area contributed by atoms with Crippen LogP contribution in [0.2, 0.25) is 0 Å². The Bertz CT molecular complexity index is 663. The van der Waals surface area contributed by atoms with Gasteiger partial charge >= 0.3 is 0 Å². The van der Waals surface area contributed by atoms with Crippen LogP contribution >= 0.6 is 0 Å². The van der Waals surface area contributed by atoms with E-state index in [-0.39, 0.29) is 5.91 Å². The van der Waals surface area contributed by atoms with Crippen LogP contribution in [0.25, 0.3) is 0 Å². The van der Waals surface area contributed by atoms with Crippen molar-refractivity contribution in [3.8, 4) is 11.8 Å². The molecule has 1 amide bonds. The van der Waals surface area contributed by atoms with Gasteiger partial charge in [-0.05, 0) is 31.2 Å². The van der Waals surface area contributed by atoms with Crippen molar-refractivity contribution in [2.45, 2.75) is 20.0 Å². The SMILES string of the molecule is CCn1cnnc1CNC(=O)c1ccc(C#CCN)cc1. The van der Waals surface area contributed by atoms with E-state index in [4.69, 9.17) is 5.73 Å². The maximum atomic E-state index is 12.0. The van der Waals surface area contributed by atoms with Crippen LogP contribution in [-0.2, 0) is 13.1 Å². The van der Waals surface area contributed by atoms with Gasteiger partial charge in [0.05, 0.1) is 13.1 Å². The van der Waals surface area contributed by atoms with E-state index < -0.39 is 0 Å². The molecule has 6 nitrogen and oxygen atoms in total. The maximum Gasteiger partial charge on any atom is 0.251 e. The summed E-state index contributed by atoms with van der Waals surface area (Å²) in [7, 11) is 0. The molecule has 3 N–H and O–H groups in total. The van der Waals surface area contributed by atoms with Crippen LogP contribution in [0.4, 0.5) is 0 Å². The summed E-state index contributed by atoms with van der Waals surface area (Å²) in [5.74, 6) is 6.26. The van der Waals surface area contributed by atoms with Gasteiger partial charge in [-0.15, -0.1) is 10.2 Å². The fraction of sp³-hybridized carbons (Fsp3) is 0.267. The Labute approximate surface area is 123 Å². The molecule has 6 heteroatoms. The van der Waals surface area contributed by atoms with E-state index in [1.165, 1.54) is 0 Å². The molecule has 0 saturated carbocycles. The van der Waals surface area contributed by atoms with Gasteiger partial charge in [0.2, 0.25) is 0 Å². The van der Waals surface area contributed by atoms with Gasteiger partial charge in [0.15, 0.2) is 5.82 Å². The summed E-state index contributed by atoms with van der Waals surface area (Å²) in [6, 6.07) is 7.07. The fourth-order valence-corrected chi connectivity index (χ4v) is 1.80. The number of hydrogen-bond acceptors (Lipinski definition) is 4. The number of carbonyl (C=O) groups excluding carboxylic acids is 1. The fourth-order valence-electron chi connectivity index (χ4n) is 1.80. The van der Waals surface area contributed by atoms with Crippen LogP contribution in [0.1, 0.15) is 28.7 Å². The Hall–Kier alpha value is -2.65. The maximum absolute atomic E-state index is 12.0. The number of carbonyl (C=O) groups is 1. The number of aromatic nitrogens is 3. The normalized spacial score (nSPS) is 9.81. The van der Waals surface area contributed by atoms with Crippen LogP contribution in [0, 0.1) is 11.8 Å². The van der Waals surface area contributed by atoms with Crippen molar-refractivity contribution >= 4 is 5.91 Å². The molecule has 0 atom stereocenters. The van der Waals surface area contributed by atoms with E-state index in [9.17, 15) is 4.79 Å². The zero-order valence-corrected chi connectivity index (χ0v) is 11.8. The van der Waals surface area contributed by atoms with E-state index >= 15 is 0 Å². The van der Waals surface area contributed by atoms with Gasteiger partial charge in [0.1, 0.15) is 6.33 Å². The molecule has 0 saturated heterocycles. The van der Waals surface area contributed by atoms with E-state index in [0.29, 0.717) is 18.7 Å². The molecule has 21 heavy (non-hydrogen) atoms. The average molecular weight is 283 g/mol.